The lowest BCUT2D eigenvalue weighted by molar-refractivity contribution is -0.138. The summed E-state index contributed by atoms with van der Waals surface area (Å²) in [6.45, 7) is 6.91. The number of benzene rings is 2. The third kappa shape index (κ3) is 4.75. The predicted molar refractivity (Wildman–Crippen MR) is 138 cm³/mol. The topological polar surface area (TPSA) is 58.4 Å². The minimum atomic E-state index is -0.154. The molecule has 2 aromatic carbocycles. The van der Waals surface area contributed by atoms with Gasteiger partial charge in [0.25, 0.3) is 0 Å². The summed E-state index contributed by atoms with van der Waals surface area (Å²) in [5, 5.41) is 5.94. The van der Waals surface area contributed by atoms with Gasteiger partial charge in [0.15, 0.2) is 5.78 Å². The minimum Gasteiger partial charge on any atom is -0.340 e. The van der Waals surface area contributed by atoms with E-state index in [0.29, 0.717) is 47.6 Å². The van der Waals surface area contributed by atoms with Crippen molar-refractivity contribution in [3.8, 4) is 16.9 Å². The Morgan fingerprint density at radius 1 is 0.971 bits per heavy atom. The van der Waals surface area contributed by atoms with Crippen molar-refractivity contribution in [2.75, 3.05) is 32.7 Å². The van der Waals surface area contributed by atoms with E-state index in [1.165, 1.54) is 0 Å². The predicted octanol–water partition coefficient (Wildman–Crippen LogP) is 5.28. The van der Waals surface area contributed by atoms with E-state index < -0.39 is 0 Å². The van der Waals surface area contributed by atoms with Gasteiger partial charge in [0.05, 0.1) is 22.9 Å². The molecule has 1 aliphatic heterocycles. The van der Waals surface area contributed by atoms with Crippen LogP contribution in [0.1, 0.15) is 35.8 Å². The first kappa shape index (κ1) is 24.0. The van der Waals surface area contributed by atoms with Crippen LogP contribution in [0.5, 0.6) is 0 Å². The molecule has 1 saturated heterocycles. The maximum atomic E-state index is 13.4. The lowest BCUT2D eigenvalue weighted by Gasteiger charge is -2.35. The van der Waals surface area contributed by atoms with Crippen molar-refractivity contribution < 1.29 is 9.59 Å². The van der Waals surface area contributed by atoms with Gasteiger partial charge in [0, 0.05) is 47.7 Å². The zero-order valence-corrected chi connectivity index (χ0v) is 21.4. The van der Waals surface area contributed by atoms with E-state index in [1.54, 1.807) is 4.68 Å². The van der Waals surface area contributed by atoms with Crippen molar-refractivity contribution in [2.24, 2.45) is 5.41 Å². The smallest absolute Gasteiger partial charge is 0.228 e. The highest BCUT2D eigenvalue weighted by Gasteiger charge is 2.47. The molecule has 5 rings (SSSR count). The third-order valence-corrected chi connectivity index (χ3v) is 7.70. The Hall–Kier alpha value is -2.67. The molecule has 3 aromatic rings. The Morgan fingerprint density at radius 2 is 1.63 bits per heavy atom. The standard InChI is InChI=1S/C27H28Cl2N4O2/c1-18-24(23(34)17-31-13-15-32(16-14-31)26(35)27(2)11-12-27)30-33(22-6-4-3-5-21(22)29)25(18)19-7-9-20(28)10-8-19/h3-10H,11-17H2,1-2H3. The van der Waals surface area contributed by atoms with Gasteiger partial charge in [-0.3, -0.25) is 14.5 Å². The van der Waals surface area contributed by atoms with Crippen LogP contribution in [-0.4, -0.2) is 64.0 Å². The SMILES string of the molecule is Cc1c(C(=O)CN2CCN(C(=O)C3(C)CC3)CC2)nn(-c2ccccc2Cl)c1-c1ccc(Cl)cc1. The molecule has 2 aliphatic rings. The molecule has 1 saturated carbocycles. The molecule has 8 heteroatoms. The van der Waals surface area contributed by atoms with E-state index in [4.69, 9.17) is 28.3 Å². The van der Waals surface area contributed by atoms with Gasteiger partial charge in [-0.05, 0) is 44.0 Å². The van der Waals surface area contributed by atoms with E-state index in [0.717, 1.165) is 29.7 Å². The Bertz CT molecular complexity index is 1270. The van der Waals surface area contributed by atoms with Gasteiger partial charge in [-0.2, -0.15) is 5.10 Å². The highest BCUT2D eigenvalue weighted by Crippen LogP contribution is 2.46. The summed E-state index contributed by atoms with van der Waals surface area (Å²) >= 11 is 12.6. The lowest BCUT2D eigenvalue weighted by atomic mass is 10.0. The third-order valence-electron chi connectivity index (χ3n) is 7.13. The van der Waals surface area contributed by atoms with Gasteiger partial charge < -0.3 is 4.90 Å². The van der Waals surface area contributed by atoms with Crippen LogP contribution in [0, 0.1) is 12.3 Å². The van der Waals surface area contributed by atoms with Crippen LogP contribution < -0.4 is 0 Å². The van der Waals surface area contributed by atoms with Crippen LogP contribution >= 0.6 is 23.2 Å². The molecule has 6 nitrogen and oxygen atoms in total. The number of hydrogen-bond acceptors (Lipinski definition) is 4. The number of carbonyl (C=O) groups is 2. The lowest BCUT2D eigenvalue weighted by Crippen LogP contribution is -2.51. The fraction of sp³-hybridized carbons (Fsp3) is 0.370. The number of carbonyl (C=O) groups excluding carboxylic acids is 2. The average molecular weight is 511 g/mol. The molecule has 35 heavy (non-hydrogen) atoms. The number of piperazine rings is 1. The quantitative estimate of drug-likeness (QED) is 0.423. The van der Waals surface area contributed by atoms with Crippen LogP contribution in [0.4, 0.5) is 0 Å². The Labute approximate surface area is 215 Å². The van der Waals surface area contributed by atoms with E-state index in [-0.39, 0.29) is 23.7 Å². The zero-order valence-electron chi connectivity index (χ0n) is 19.9. The van der Waals surface area contributed by atoms with Gasteiger partial charge in [0.1, 0.15) is 5.69 Å². The molecule has 1 aromatic heterocycles. The molecule has 0 atom stereocenters. The number of Topliss-reactive ketones (excluding diaryl/α,β-unsaturated/α-hetero) is 1. The van der Waals surface area contributed by atoms with Gasteiger partial charge >= 0.3 is 0 Å². The second-order valence-electron chi connectivity index (χ2n) is 9.74. The molecule has 2 heterocycles. The van der Waals surface area contributed by atoms with Crippen molar-refractivity contribution in [1.82, 2.24) is 19.6 Å². The summed E-state index contributed by atoms with van der Waals surface area (Å²) < 4.78 is 1.75. The second-order valence-corrected chi connectivity index (χ2v) is 10.6. The normalized spacial score (nSPS) is 17.4. The fourth-order valence-electron chi connectivity index (χ4n) is 4.68. The van der Waals surface area contributed by atoms with Crippen LogP contribution in [-0.2, 0) is 4.79 Å². The molecule has 0 radical (unpaired) electrons. The number of para-hydroxylation sites is 1. The number of amides is 1. The summed E-state index contributed by atoms with van der Waals surface area (Å²) in [4.78, 5) is 30.1. The summed E-state index contributed by atoms with van der Waals surface area (Å²) in [6.07, 6.45) is 1.96. The molecule has 0 N–H and O–H groups in total. The highest BCUT2D eigenvalue weighted by atomic mass is 35.5. The number of hydrogen-bond donors (Lipinski definition) is 0. The van der Waals surface area contributed by atoms with E-state index in [1.807, 2.05) is 67.3 Å². The number of halogens is 2. The monoisotopic (exact) mass is 510 g/mol. The van der Waals surface area contributed by atoms with Gasteiger partial charge in [-0.25, -0.2) is 4.68 Å². The molecule has 182 valence electrons. The number of nitrogens with zero attached hydrogens (tertiary/aromatic N) is 4. The van der Waals surface area contributed by atoms with Gasteiger partial charge in [0.2, 0.25) is 5.91 Å². The van der Waals surface area contributed by atoms with Crippen molar-refractivity contribution in [3.63, 3.8) is 0 Å². The Morgan fingerprint density at radius 3 is 2.26 bits per heavy atom. The fourth-order valence-corrected chi connectivity index (χ4v) is 5.02. The average Bonchev–Trinajstić information content (AvgIpc) is 3.52. The first-order chi connectivity index (χ1) is 16.8. The summed E-state index contributed by atoms with van der Waals surface area (Å²) in [6, 6.07) is 15.0. The number of rotatable bonds is 6. The van der Waals surface area contributed by atoms with Crippen LogP contribution in [0.3, 0.4) is 0 Å². The van der Waals surface area contributed by atoms with Crippen molar-refractivity contribution in [3.05, 3.63) is 69.8 Å². The summed E-state index contributed by atoms with van der Waals surface area (Å²) in [7, 11) is 0. The van der Waals surface area contributed by atoms with Crippen LogP contribution in [0.2, 0.25) is 10.0 Å². The summed E-state index contributed by atoms with van der Waals surface area (Å²) in [5.41, 5.74) is 3.50. The number of aromatic nitrogens is 2. The first-order valence-corrected chi connectivity index (χ1v) is 12.7. The molecule has 0 spiro atoms. The van der Waals surface area contributed by atoms with Crippen molar-refractivity contribution in [1.29, 1.82) is 0 Å². The van der Waals surface area contributed by atoms with E-state index in [2.05, 4.69) is 4.90 Å². The molecule has 1 aliphatic carbocycles. The molecule has 0 bridgehead atoms. The Balaban J connectivity index is 1.39. The van der Waals surface area contributed by atoms with Crippen molar-refractivity contribution >= 4 is 34.9 Å². The Kier molecular flexibility index (Phi) is 6.47. The van der Waals surface area contributed by atoms with Gasteiger partial charge in [-0.15, -0.1) is 0 Å². The number of ketones is 1. The minimum absolute atomic E-state index is 0.0440. The zero-order chi connectivity index (χ0) is 24.7. The maximum absolute atomic E-state index is 13.4. The van der Waals surface area contributed by atoms with E-state index in [9.17, 15) is 9.59 Å². The van der Waals surface area contributed by atoms with Crippen LogP contribution in [0.15, 0.2) is 48.5 Å². The van der Waals surface area contributed by atoms with Crippen LogP contribution in [0.25, 0.3) is 16.9 Å². The highest BCUT2D eigenvalue weighted by molar-refractivity contribution is 6.32. The maximum Gasteiger partial charge on any atom is 0.228 e. The first-order valence-electron chi connectivity index (χ1n) is 11.9. The summed E-state index contributed by atoms with van der Waals surface area (Å²) in [5.74, 6) is 0.211. The van der Waals surface area contributed by atoms with Gasteiger partial charge in [-0.1, -0.05) is 54.4 Å². The molecular formula is C27H28Cl2N4O2. The second kappa shape index (κ2) is 9.41. The molecular weight excluding hydrogens is 483 g/mol. The molecule has 1 amide bonds. The van der Waals surface area contributed by atoms with Crippen molar-refractivity contribution in [2.45, 2.75) is 26.7 Å². The largest absolute Gasteiger partial charge is 0.340 e. The molecule has 0 unspecified atom stereocenters. The van der Waals surface area contributed by atoms with E-state index >= 15 is 0 Å². The molecule has 2 fully saturated rings.